The highest BCUT2D eigenvalue weighted by Crippen LogP contribution is 2.25. The van der Waals surface area contributed by atoms with Gasteiger partial charge in [0.15, 0.2) is 0 Å². The fourth-order valence-corrected chi connectivity index (χ4v) is 3.13. The molecule has 3 rings (SSSR count). The summed E-state index contributed by atoms with van der Waals surface area (Å²) in [6.45, 7) is 3.44. The molecule has 2 aliphatic heterocycles. The van der Waals surface area contributed by atoms with Crippen LogP contribution in [0.4, 0.5) is 10.5 Å². The number of piperidine rings is 2. The summed E-state index contributed by atoms with van der Waals surface area (Å²) in [4.78, 5) is 25.6. The Morgan fingerprint density at radius 1 is 1.29 bits per heavy atom. The van der Waals surface area contributed by atoms with E-state index in [-0.39, 0.29) is 18.0 Å². The molecule has 0 spiro atoms. The Labute approximate surface area is 124 Å². The Morgan fingerprint density at radius 2 is 2.05 bits per heavy atom. The van der Waals surface area contributed by atoms with E-state index in [1.165, 1.54) is 5.56 Å². The van der Waals surface area contributed by atoms with Crippen LogP contribution in [0.3, 0.4) is 0 Å². The normalized spacial score (nSPS) is 25.0. The number of carbonyl (C=O) groups excluding carboxylic acids is 2. The number of rotatable bonds is 1. The second kappa shape index (κ2) is 5.76. The van der Waals surface area contributed by atoms with Crippen LogP contribution >= 0.6 is 0 Å². The Balaban J connectivity index is 1.58. The minimum Gasteiger partial charge on any atom is -0.353 e. The maximum Gasteiger partial charge on any atom is 0.321 e. The average molecular weight is 287 g/mol. The number of carbonyl (C=O) groups is 2. The first-order chi connectivity index (χ1) is 10.1. The number of aryl methyl sites for hydroxylation is 1. The number of anilines is 1. The van der Waals surface area contributed by atoms with E-state index in [9.17, 15) is 9.59 Å². The van der Waals surface area contributed by atoms with Crippen molar-refractivity contribution in [2.45, 2.75) is 32.2 Å². The molecule has 0 saturated carbocycles. The van der Waals surface area contributed by atoms with Gasteiger partial charge in [0.25, 0.3) is 0 Å². The van der Waals surface area contributed by atoms with Gasteiger partial charge in [-0.3, -0.25) is 4.79 Å². The third-order valence-corrected chi connectivity index (χ3v) is 4.41. The van der Waals surface area contributed by atoms with Gasteiger partial charge in [-0.05, 0) is 37.8 Å². The summed E-state index contributed by atoms with van der Waals surface area (Å²) in [5, 5.41) is 5.98. The van der Waals surface area contributed by atoms with Crippen molar-refractivity contribution in [1.29, 1.82) is 0 Å². The first-order valence-corrected chi connectivity index (χ1v) is 7.54. The van der Waals surface area contributed by atoms with E-state index in [1.807, 2.05) is 36.1 Å². The molecule has 2 aliphatic rings. The van der Waals surface area contributed by atoms with Crippen LogP contribution in [-0.2, 0) is 4.79 Å². The minimum absolute atomic E-state index is 0.0470. The standard InChI is InChI=1S/C16H21N3O2/c1-11-2-5-13(6-3-11)17-16(21)19-9-8-14-12(10-19)4-7-15(20)18-14/h2-3,5-6,12,14H,4,7-10H2,1H3,(H,17,21)(H,18,20). The lowest BCUT2D eigenvalue weighted by Gasteiger charge is -2.41. The zero-order chi connectivity index (χ0) is 14.8. The predicted octanol–water partition coefficient (Wildman–Crippen LogP) is 2.13. The topological polar surface area (TPSA) is 61.4 Å². The summed E-state index contributed by atoms with van der Waals surface area (Å²) < 4.78 is 0. The number of fused-ring (bicyclic) bond motifs is 1. The van der Waals surface area contributed by atoms with Crippen LogP contribution in [-0.4, -0.2) is 36.0 Å². The van der Waals surface area contributed by atoms with Gasteiger partial charge in [0, 0.05) is 31.2 Å². The number of nitrogens with zero attached hydrogens (tertiary/aromatic N) is 1. The molecule has 0 aromatic heterocycles. The van der Waals surface area contributed by atoms with Crippen molar-refractivity contribution in [3.63, 3.8) is 0 Å². The van der Waals surface area contributed by atoms with Gasteiger partial charge in [-0.15, -0.1) is 0 Å². The maximum atomic E-state index is 12.3. The Kier molecular flexibility index (Phi) is 3.82. The van der Waals surface area contributed by atoms with Crippen molar-refractivity contribution in [3.05, 3.63) is 29.8 Å². The molecule has 2 N–H and O–H groups in total. The molecule has 0 bridgehead atoms. The largest absolute Gasteiger partial charge is 0.353 e. The van der Waals surface area contributed by atoms with Gasteiger partial charge >= 0.3 is 6.03 Å². The SMILES string of the molecule is Cc1ccc(NC(=O)N2CCC3NC(=O)CCC3C2)cc1. The molecular formula is C16H21N3O2. The fraction of sp³-hybridized carbons (Fsp3) is 0.500. The molecule has 0 radical (unpaired) electrons. The van der Waals surface area contributed by atoms with Gasteiger partial charge in [0.1, 0.15) is 0 Å². The highest BCUT2D eigenvalue weighted by atomic mass is 16.2. The number of benzene rings is 1. The Morgan fingerprint density at radius 3 is 2.81 bits per heavy atom. The Hall–Kier alpha value is -2.04. The smallest absolute Gasteiger partial charge is 0.321 e. The molecule has 2 atom stereocenters. The number of hydrogen-bond donors (Lipinski definition) is 2. The van der Waals surface area contributed by atoms with E-state index in [0.717, 1.165) is 25.1 Å². The van der Waals surface area contributed by atoms with Crippen molar-refractivity contribution in [3.8, 4) is 0 Å². The minimum atomic E-state index is -0.0470. The van der Waals surface area contributed by atoms with Gasteiger partial charge in [0.2, 0.25) is 5.91 Å². The molecule has 5 nitrogen and oxygen atoms in total. The van der Waals surface area contributed by atoms with E-state index >= 15 is 0 Å². The summed E-state index contributed by atoms with van der Waals surface area (Å²) in [6.07, 6.45) is 2.30. The molecule has 21 heavy (non-hydrogen) atoms. The predicted molar refractivity (Wildman–Crippen MR) is 81.0 cm³/mol. The molecule has 1 aromatic rings. The van der Waals surface area contributed by atoms with Crippen LogP contribution in [0.5, 0.6) is 0 Å². The molecule has 2 heterocycles. The monoisotopic (exact) mass is 287 g/mol. The lowest BCUT2D eigenvalue weighted by Crippen LogP contribution is -2.55. The second-order valence-corrected chi connectivity index (χ2v) is 6.00. The number of hydrogen-bond acceptors (Lipinski definition) is 2. The van der Waals surface area contributed by atoms with Crippen LogP contribution in [0.15, 0.2) is 24.3 Å². The average Bonchev–Trinajstić information content (AvgIpc) is 2.49. The maximum absolute atomic E-state index is 12.3. The molecule has 2 unspecified atom stereocenters. The summed E-state index contributed by atoms with van der Waals surface area (Å²) in [6, 6.07) is 8.00. The summed E-state index contributed by atoms with van der Waals surface area (Å²) in [7, 11) is 0. The van der Waals surface area contributed by atoms with Gasteiger partial charge in [-0.2, -0.15) is 0 Å². The van der Waals surface area contributed by atoms with Gasteiger partial charge in [-0.1, -0.05) is 17.7 Å². The summed E-state index contributed by atoms with van der Waals surface area (Å²) in [5.41, 5.74) is 2.00. The highest BCUT2D eigenvalue weighted by molar-refractivity contribution is 5.89. The summed E-state index contributed by atoms with van der Waals surface area (Å²) in [5.74, 6) is 0.536. The molecule has 1 aromatic carbocycles. The van der Waals surface area contributed by atoms with Crippen molar-refractivity contribution in [1.82, 2.24) is 10.2 Å². The third-order valence-electron chi connectivity index (χ3n) is 4.41. The van der Waals surface area contributed by atoms with Crippen LogP contribution in [0.25, 0.3) is 0 Å². The van der Waals surface area contributed by atoms with E-state index in [2.05, 4.69) is 10.6 Å². The van der Waals surface area contributed by atoms with E-state index < -0.39 is 0 Å². The van der Waals surface area contributed by atoms with Crippen LogP contribution < -0.4 is 10.6 Å². The molecule has 0 aliphatic carbocycles. The van der Waals surface area contributed by atoms with Gasteiger partial charge in [0.05, 0.1) is 0 Å². The molecule has 2 saturated heterocycles. The van der Waals surface area contributed by atoms with Crippen LogP contribution in [0.2, 0.25) is 0 Å². The first kappa shape index (κ1) is 13.9. The quantitative estimate of drug-likeness (QED) is 0.831. The van der Waals surface area contributed by atoms with E-state index in [1.54, 1.807) is 0 Å². The molecular weight excluding hydrogens is 266 g/mol. The zero-order valence-corrected chi connectivity index (χ0v) is 12.3. The molecule has 112 valence electrons. The zero-order valence-electron chi connectivity index (χ0n) is 12.3. The Bertz CT molecular complexity index is 541. The third kappa shape index (κ3) is 3.17. The van der Waals surface area contributed by atoms with Crippen molar-refractivity contribution < 1.29 is 9.59 Å². The van der Waals surface area contributed by atoms with E-state index in [0.29, 0.717) is 18.9 Å². The van der Waals surface area contributed by atoms with Crippen LogP contribution in [0, 0.1) is 12.8 Å². The number of nitrogens with one attached hydrogen (secondary N) is 2. The van der Waals surface area contributed by atoms with Crippen LogP contribution in [0.1, 0.15) is 24.8 Å². The van der Waals surface area contributed by atoms with Gasteiger partial charge in [-0.25, -0.2) is 4.79 Å². The number of likely N-dealkylation sites (tertiary alicyclic amines) is 1. The summed E-state index contributed by atoms with van der Waals surface area (Å²) >= 11 is 0. The first-order valence-electron chi connectivity index (χ1n) is 7.54. The second-order valence-electron chi connectivity index (χ2n) is 6.00. The highest BCUT2D eigenvalue weighted by Gasteiger charge is 2.35. The van der Waals surface area contributed by atoms with Crippen molar-refractivity contribution >= 4 is 17.6 Å². The molecule has 3 amide bonds. The van der Waals surface area contributed by atoms with E-state index in [4.69, 9.17) is 0 Å². The number of amides is 3. The number of urea groups is 1. The van der Waals surface area contributed by atoms with Crippen molar-refractivity contribution in [2.75, 3.05) is 18.4 Å². The fourth-order valence-electron chi connectivity index (χ4n) is 3.13. The lowest BCUT2D eigenvalue weighted by molar-refractivity contribution is -0.125. The van der Waals surface area contributed by atoms with Gasteiger partial charge < -0.3 is 15.5 Å². The lowest BCUT2D eigenvalue weighted by atomic mass is 9.85. The molecule has 2 fully saturated rings. The molecule has 5 heteroatoms. The van der Waals surface area contributed by atoms with Crippen molar-refractivity contribution in [2.24, 2.45) is 5.92 Å².